The van der Waals surface area contributed by atoms with Gasteiger partial charge in [0.15, 0.2) is 0 Å². The van der Waals surface area contributed by atoms with Crippen molar-refractivity contribution < 1.29 is 4.79 Å². The van der Waals surface area contributed by atoms with Gasteiger partial charge < -0.3 is 0 Å². The van der Waals surface area contributed by atoms with Crippen molar-refractivity contribution in [1.82, 2.24) is 0 Å². The van der Waals surface area contributed by atoms with E-state index in [2.05, 4.69) is 0 Å². The molecule has 0 saturated carbocycles. The number of rotatable bonds is 3. The molecule has 0 radical (unpaired) electrons. The summed E-state index contributed by atoms with van der Waals surface area (Å²) in [5.74, 6) is 0. The second kappa shape index (κ2) is 5.46. The molecule has 0 N–H and O–H groups in total. The molecular weight excluding hydrogens is 232 g/mol. The molecule has 0 fully saturated rings. The number of benzene rings is 2. The smallest absolute Gasteiger partial charge is 0.253 e. The predicted octanol–water partition coefficient (Wildman–Crippen LogP) is 3.99. The molecule has 0 aliphatic rings. The van der Waals surface area contributed by atoms with Gasteiger partial charge in [-0.2, -0.15) is 0 Å². The summed E-state index contributed by atoms with van der Waals surface area (Å²) in [6.07, 6.45) is 1.80. The molecule has 0 heterocycles. The number of halogens is 1. The summed E-state index contributed by atoms with van der Waals surface area (Å²) >= 11 is 5.62. The minimum atomic E-state index is -0.444. The van der Waals surface area contributed by atoms with Crippen molar-refractivity contribution in [2.24, 2.45) is 0 Å². The molecule has 2 aromatic rings. The van der Waals surface area contributed by atoms with E-state index in [4.69, 9.17) is 11.6 Å². The number of carbonyl (C=O) groups excluding carboxylic acids is 1. The van der Waals surface area contributed by atoms with E-state index in [0.717, 1.165) is 11.1 Å². The number of allylic oxidation sites excluding steroid dienone is 1. The van der Waals surface area contributed by atoms with E-state index in [0.29, 0.717) is 5.57 Å². The fourth-order valence-corrected chi connectivity index (χ4v) is 1.75. The van der Waals surface area contributed by atoms with Crippen molar-refractivity contribution in [2.45, 2.75) is 0 Å². The van der Waals surface area contributed by atoms with Crippen LogP contribution in [0.1, 0.15) is 11.1 Å². The highest BCUT2D eigenvalue weighted by Crippen LogP contribution is 2.20. The molecule has 0 spiro atoms. The van der Waals surface area contributed by atoms with Crippen LogP contribution < -0.4 is 0 Å². The molecule has 2 aromatic carbocycles. The lowest BCUT2D eigenvalue weighted by Gasteiger charge is -2.02. The third kappa shape index (κ3) is 3.05. The molecular formula is C15H11ClO. The molecule has 17 heavy (non-hydrogen) atoms. The van der Waals surface area contributed by atoms with Gasteiger partial charge in [0.25, 0.3) is 5.24 Å². The van der Waals surface area contributed by atoms with E-state index in [-0.39, 0.29) is 0 Å². The first-order chi connectivity index (χ1) is 8.27. The van der Waals surface area contributed by atoms with Crippen LogP contribution in [0.3, 0.4) is 0 Å². The maximum Gasteiger partial charge on any atom is 0.253 e. The van der Waals surface area contributed by atoms with Crippen molar-refractivity contribution in [3.8, 4) is 0 Å². The van der Waals surface area contributed by atoms with Gasteiger partial charge in [0.1, 0.15) is 0 Å². The summed E-state index contributed by atoms with van der Waals surface area (Å²) in [6, 6.07) is 19.1. The summed E-state index contributed by atoms with van der Waals surface area (Å²) in [4.78, 5) is 11.4. The molecule has 84 valence electrons. The number of hydrogen-bond acceptors (Lipinski definition) is 1. The maximum absolute atomic E-state index is 11.4. The second-order valence-corrected chi connectivity index (χ2v) is 3.95. The molecule has 0 unspecified atom stereocenters. The van der Waals surface area contributed by atoms with Gasteiger partial charge in [-0.25, -0.2) is 0 Å². The first-order valence-corrected chi connectivity index (χ1v) is 5.67. The van der Waals surface area contributed by atoms with Crippen LogP contribution in [0.25, 0.3) is 11.6 Å². The number of carbonyl (C=O) groups is 1. The summed E-state index contributed by atoms with van der Waals surface area (Å²) < 4.78 is 0. The molecule has 1 nitrogen and oxygen atoms in total. The quantitative estimate of drug-likeness (QED) is 0.452. The van der Waals surface area contributed by atoms with Gasteiger partial charge in [0.2, 0.25) is 0 Å². The fraction of sp³-hybridized carbons (Fsp3) is 0. The third-order valence-electron chi connectivity index (χ3n) is 2.41. The van der Waals surface area contributed by atoms with Gasteiger partial charge in [-0.1, -0.05) is 60.7 Å². The summed E-state index contributed by atoms with van der Waals surface area (Å²) in [5.41, 5.74) is 2.30. The first kappa shape index (κ1) is 11.6. The van der Waals surface area contributed by atoms with Gasteiger partial charge in [0, 0.05) is 5.57 Å². The van der Waals surface area contributed by atoms with Gasteiger partial charge in [-0.05, 0) is 28.8 Å². The Balaban J connectivity index is 2.44. The standard InChI is InChI=1S/C15H11ClO/c16-15(17)14(13-9-5-2-6-10-13)11-12-7-3-1-4-8-12/h1-11H. The van der Waals surface area contributed by atoms with Crippen LogP contribution in [0.2, 0.25) is 0 Å². The third-order valence-corrected chi connectivity index (χ3v) is 2.61. The number of hydrogen-bond donors (Lipinski definition) is 0. The van der Waals surface area contributed by atoms with Crippen LogP contribution in [0.15, 0.2) is 60.7 Å². The highest BCUT2D eigenvalue weighted by molar-refractivity contribution is 6.75. The Bertz CT molecular complexity index is 529. The molecule has 0 saturated heterocycles. The van der Waals surface area contributed by atoms with Crippen molar-refractivity contribution in [3.05, 3.63) is 71.8 Å². The van der Waals surface area contributed by atoms with E-state index < -0.39 is 5.24 Å². The van der Waals surface area contributed by atoms with Crippen LogP contribution in [-0.4, -0.2) is 5.24 Å². The lowest BCUT2D eigenvalue weighted by molar-refractivity contribution is -0.106. The second-order valence-electron chi connectivity index (χ2n) is 3.61. The summed E-state index contributed by atoms with van der Waals surface area (Å²) in [7, 11) is 0. The molecule has 0 aromatic heterocycles. The van der Waals surface area contributed by atoms with E-state index >= 15 is 0 Å². The van der Waals surface area contributed by atoms with Gasteiger partial charge in [0.05, 0.1) is 0 Å². The Kier molecular flexibility index (Phi) is 3.73. The average molecular weight is 243 g/mol. The Labute approximate surface area is 105 Å². The SMILES string of the molecule is O=C(Cl)C(=Cc1ccccc1)c1ccccc1. The van der Waals surface area contributed by atoms with Crippen molar-refractivity contribution in [1.29, 1.82) is 0 Å². The average Bonchev–Trinajstić information content (AvgIpc) is 2.38. The predicted molar refractivity (Wildman–Crippen MR) is 71.6 cm³/mol. The van der Waals surface area contributed by atoms with Crippen LogP contribution in [0.5, 0.6) is 0 Å². The van der Waals surface area contributed by atoms with E-state index in [1.54, 1.807) is 6.08 Å². The van der Waals surface area contributed by atoms with Crippen molar-refractivity contribution >= 4 is 28.5 Å². The normalized spacial score (nSPS) is 11.2. The molecule has 0 aliphatic carbocycles. The molecule has 0 aliphatic heterocycles. The van der Waals surface area contributed by atoms with Gasteiger partial charge >= 0.3 is 0 Å². The maximum atomic E-state index is 11.4. The van der Waals surface area contributed by atoms with E-state index in [1.807, 2.05) is 60.7 Å². The summed E-state index contributed by atoms with van der Waals surface area (Å²) in [5, 5.41) is -0.444. The zero-order valence-corrected chi connectivity index (χ0v) is 9.89. The lowest BCUT2D eigenvalue weighted by Crippen LogP contribution is -1.92. The highest BCUT2D eigenvalue weighted by atomic mass is 35.5. The molecule has 2 rings (SSSR count). The monoisotopic (exact) mass is 242 g/mol. The van der Waals surface area contributed by atoms with Gasteiger partial charge in [-0.3, -0.25) is 4.79 Å². The minimum absolute atomic E-state index is 0.444. The molecule has 0 bridgehead atoms. The van der Waals surface area contributed by atoms with Gasteiger partial charge in [-0.15, -0.1) is 0 Å². The van der Waals surface area contributed by atoms with E-state index in [1.165, 1.54) is 0 Å². The molecule has 2 heteroatoms. The Morgan fingerprint density at radius 2 is 1.41 bits per heavy atom. The van der Waals surface area contributed by atoms with Crippen LogP contribution in [-0.2, 0) is 4.79 Å². The lowest BCUT2D eigenvalue weighted by atomic mass is 10.0. The van der Waals surface area contributed by atoms with Crippen LogP contribution >= 0.6 is 11.6 Å². The van der Waals surface area contributed by atoms with Crippen LogP contribution in [0.4, 0.5) is 0 Å². The van der Waals surface area contributed by atoms with Crippen LogP contribution in [0, 0.1) is 0 Å². The molecule has 0 atom stereocenters. The largest absolute Gasteiger partial charge is 0.276 e. The minimum Gasteiger partial charge on any atom is -0.276 e. The Morgan fingerprint density at radius 1 is 0.882 bits per heavy atom. The van der Waals surface area contributed by atoms with Crippen molar-refractivity contribution in [3.63, 3.8) is 0 Å². The topological polar surface area (TPSA) is 17.1 Å². The molecule has 0 amide bonds. The Morgan fingerprint density at radius 3 is 1.94 bits per heavy atom. The summed E-state index contributed by atoms with van der Waals surface area (Å²) in [6.45, 7) is 0. The zero-order valence-electron chi connectivity index (χ0n) is 9.14. The fourth-order valence-electron chi connectivity index (χ4n) is 1.59. The first-order valence-electron chi connectivity index (χ1n) is 5.29. The Hall–Kier alpha value is -1.86. The van der Waals surface area contributed by atoms with E-state index in [9.17, 15) is 4.79 Å². The highest BCUT2D eigenvalue weighted by Gasteiger charge is 2.08. The van der Waals surface area contributed by atoms with Crippen molar-refractivity contribution in [2.75, 3.05) is 0 Å². The zero-order chi connectivity index (χ0) is 12.1.